The predicted molar refractivity (Wildman–Crippen MR) is 71.2 cm³/mol. The Kier molecular flexibility index (Phi) is 5.94. The lowest BCUT2D eigenvalue weighted by Gasteiger charge is -2.35. The van der Waals surface area contributed by atoms with Crippen LogP contribution in [0.4, 0.5) is 0 Å². The first-order valence-electron chi connectivity index (χ1n) is 6.33. The van der Waals surface area contributed by atoms with Crippen LogP contribution in [0.2, 0.25) is 0 Å². The summed E-state index contributed by atoms with van der Waals surface area (Å²) in [6, 6.07) is 1.15. The molecule has 1 heterocycles. The van der Waals surface area contributed by atoms with Crippen molar-refractivity contribution in [2.24, 2.45) is 5.92 Å². The minimum Gasteiger partial charge on any atom is -0.314 e. The first-order valence-corrected chi connectivity index (χ1v) is 7.82. The van der Waals surface area contributed by atoms with Gasteiger partial charge in [-0.05, 0) is 19.4 Å². The molecule has 1 N–H and O–H groups in total. The summed E-state index contributed by atoms with van der Waals surface area (Å²) in [7, 11) is -0.559. The third-order valence-electron chi connectivity index (χ3n) is 3.46. The molecule has 2 unspecified atom stereocenters. The highest BCUT2D eigenvalue weighted by Crippen LogP contribution is 2.13. The molecule has 0 aliphatic carbocycles. The fourth-order valence-electron chi connectivity index (χ4n) is 2.01. The maximum absolute atomic E-state index is 11.3. The van der Waals surface area contributed by atoms with Crippen LogP contribution in [0.15, 0.2) is 0 Å². The number of hydrogen-bond acceptors (Lipinski definition) is 3. The number of nitrogens with zero attached hydrogens (tertiary/aromatic N) is 1. The molecular weight excluding hydrogens is 220 g/mol. The Morgan fingerprint density at radius 3 is 2.25 bits per heavy atom. The van der Waals surface area contributed by atoms with Crippen molar-refractivity contribution in [3.63, 3.8) is 0 Å². The third kappa shape index (κ3) is 4.52. The molecule has 1 rings (SSSR count). The van der Waals surface area contributed by atoms with Crippen molar-refractivity contribution >= 4 is 10.8 Å². The third-order valence-corrected chi connectivity index (χ3v) is 4.74. The van der Waals surface area contributed by atoms with Gasteiger partial charge in [0.15, 0.2) is 0 Å². The first kappa shape index (κ1) is 14.1. The van der Waals surface area contributed by atoms with Crippen LogP contribution in [0.25, 0.3) is 0 Å². The van der Waals surface area contributed by atoms with Gasteiger partial charge in [0.2, 0.25) is 0 Å². The maximum atomic E-state index is 11.3. The summed E-state index contributed by atoms with van der Waals surface area (Å²) in [5.74, 6) is 2.36. The zero-order chi connectivity index (χ0) is 12.1. The van der Waals surface area contributed by atoms with Crippen molar-refractivity contribution in [3.8, 4) is 0 Å². The number of nitrogens with one attached hydrogen (secondary N) is 1. The fourth-order valence-corrected chi connectivity index (χ4v) is 3.09. The Labute approximate surface area is 102 Å². The predicted octanol–water partition coefficient (Wildman–Crippen LogP) is 1.07. The molecule has 0 aromatic heterocycles. The van der Waals surface area contributed by atoms with Gasteiger partial charge in [0, 0.05) is 47.5 Å². The van der Waals surface area contributed by atoms with Crippen LogP contribution in [0.3, 0.4) is 0 Å². The summed E-state index contributed by atoms with van der Waals surface area (Å²) in [5.41, 5.74) is 0. The average molecular weight is 246 g/mol. The molecule has 1 aliphatic rings. The summed E-state index contributed by atoms with van der Waals surface area (Å²) in [6.07, 6.45) is 0. The monoisotopic (exact) mass is 246 g/mol. The molecule has 4 heteroatoms. The van der Waals surface area contributed by atoms with Gasteiger partial charge in [-0.15, -0.1) is 0 Å². The van der Waals surface area contributed by atoms with Crippen molar-refractivity contribution in [2.45, 2.75) is 39.8 Å². The van der Waals surface area contributed by atoms with Crippen molar-refractivity contribution in [2.75, 3.05) is 31.1 Å². The standard InChI is InChI=1S/C12H26N2OS/c1-10(2)13-9-11(3)12(4)14-5-7-16(15)8-6-14/h10-13H,5-9H2,1-4H3. The normalized spacial score (nSPS) is 23.6. The molecule has 2 atom stereocenters. The second kappa shape index (κ2) is 6.72. The molecule has 0 amide bonds. The van der Waals surface area contributed by atoms with Gasteiger partial charge in [-0.1, -0.05) is 20.8 Å². The van der Waals surface area contributed by atoms with Crippen LogP contribution in [0, 0.1) is 5.92 Å². The van der Waals surface area contributed by atoms with Crippen LogP contribution in [0.1, 0.15) is 27.7 Å². The summed E-state index contributed by atoms with van der Waals surface area (Å²) in [6.45, 7) is 12.0. The molecular formula is C12H26N2OS. The van der Waals surface area contributed by atoms with E-state index in [1.54, 1.807) is 0 Å². The molecule has 0 spiro atoms. The van der Waals surface area contributed by atoms with Gasteiger partial charge in [-0.3, -0.25) is 9.11 Å². The average Bonchev–Trinajstić information content (AvgIpc) is 2.26. The molecule has 1 fully saturated rings. The summed E-state index contributed by atoms with van der Waals surface area (Å²) in [4.78, 5) is 2.48. The van der Waals surface area contributed by atoms with E-state index in [0.29, 0.717) is 18.0 Å². The Balaban J connectivity index is 2.32. The Hall–Kier alpha value is 0.0700. The number of hydrogen-bond donors (Lipinski definition) is 1. The molecule has 0 aromatic carbocycles. The molecule has 1 aliphatic heterocycles. The molecule has 0 radical (unpaired) electrons. The van der Waals surface area contributed by atoms with E-state index >= 15 is 0 Å². The maximum Gasteiger partial charge on any atom is 0.0363 e. The van der Waals surface area contributed by atoms with E-state index in [4.69, 9.17) is 0 Å². The lowest BCUT2D eigenvalue weighted by Crippen LogP contribution is -2.47. The molecule has 96 valence electrons. The Bertz CT molecular complexity index is 223. The second-order valence-corrected chi connectivity index (χ2v) is 6.86. The van der Waals surface area contributed by atoms with Gasteiger partial charge in [0.25, 0.3) is 0 Å². The Morgan fingerprint density at radius 2 is 1.75 bits per heavy atom. The van der Waals surface area contributed by atoms with Crippen LogP contribution >= 0.6 is 0 Å². The van der Waals surface area contributed by atoms with Crippen molar-refractivity contribution < 1.29 is 4.21 Å². The number of rotatable bonds is 5. The van der Waals surface area contributed by atoms with Crippen LogP contribution in [0.5, 0.6) is 0 Å². The van der Waals surface area contributed by atoms with E-state index in [0.717, 1.165) is 31.1 Å². The van der Waals surface area contributed by atoms with E-state index in [9.17, 15) is 4.21 Å². The summed E-state index contributed by atoms with van der Waals surface area (Å²) >= 11 is 0. The van der Waals surface area contributed by atoms with E-state index in [1.165, 1.54) is 0 Å². The fraction of sp³-hybridized carbons (Fsp3) is 1.00. The van der Waals surface area contributed by atoms with E-state index in [-0.39, 0.29) is 0 Å². The molecule has 0 saturated carbocycles. The SMILES string of the molecule is CC(C)NCC(C)C(C)N1CCS(=O)CC1. The minimum absolute atomic E-state index is 0.559. The van der Waals surface area contributed by atoms with Crippen LogP contribution in [-0.4, -0.2) is 52.3 Å². The minimum atomic E-state index is -0.559. The zero-order valence-electron chi connectivity index (χ0n) is 11.0. The van der Waals surface area contributed by atoms with E-state index in [1.807, 2.05) is 0 Å². The quantitative estimate of drug-likeness (QED) is 0.788. The molecule has 0 bridgehead atoms. The van der Waals surface area contributed by atoms with Crippen LogP contribution in [-0.2, 0) is 10.8 Å². The molecule has 3 nitrogen and oxygen atoms in total. The van der Waals surface area contributed by atoms with Crippen molar-refractivity contribution in [3.05, 3.63) is 0 Å². The van der Waals surface area contributed by atoms with Crippen LogP contribution < -0.4 is 5.32 Å². The highest BCUT2D eigenvalue weighted by Gasteiger charge is 2.23. The largest absolute Gasteiger partial charge is 0.314 e. The van der Waals surface area contributed by atoms with E-state index in [2.05, 4.69) is 37.9 Å². The first-order chi connectivity index (χ1) is 7.50. The lowest BCUT2D eigenvalue weighted by molar-refractivity contribution is 0.172. The van der Waals surface area contributed by atoms with Crippen molar-refractivity contribution in [1.82, 2.24) is 10.2 Å². The van der Waals surface area contributed by atoms with E-state index < -0.39 is 10.8 Å². The second-order valence-electron chi connectivity index (χ2n) is 5.16. The highest BCUT2D eigenvalue weighted by atomic mass is 32.2. The van der Waals surface area contributed by atoms with Gasteiger partial charge < -0.3 is 5.32 Å². The van der Waals surface area contributed by atoms with Gasteiger partial charge in [-0.25, -0.2) is 0 Å². The topological polar surface area (TPSA) is 32.3 Å². The molecule has 1 saturated heterocycles. The Morgan fingerprint density at radius 1 is 1.19 bits per heavy atom. The lowest BCUT2D eigenvalue weighted by atomic mass is 10.0. The smallest absolute Gasteiger partial charge is 0.0363 e. The van der Waals surface area contributed by atoms with Gasteiger partial charge in [-0.2, -0.15) is 0 Å². The summed E-state index contributed by atoms with van der Waals surface area (Å²) < 4.78 is 11.3. The van der Waals surface area contributed by atoms with Crippen molar-refractivity contribution in [1.29, 1.82) is 0 Å². The van der Waals surface area contributed by atoms with Gasteiger partial charge in [0.1, 0.15) is 0 Å². The summed E-state index contributed by atoms with van der Waals surface area (Å²) in [5, 5.41) is 3.49. The van der Waals surface area contributed by atoms with Gasteiger partial charge in [0.05, 0.1) is 0 Å². The zero-order valence-corrected chi connectivity index (χ0v) is 11.8. The molecule has 0 aromatic rings. The van der Waals surface area contributed by atoms with Gasteiger partial charge >= 0.3 is 0 Å². The molecule has 16 heavy (non-hydrogen) atoms. The highest BCUT2D eigenvalue weighted by molar-refractivity contribution is 7.85.